The Hall–Kier alpha value is -2.34. The number of carbonyl (C=O) groups excluding carboxylic acids is 2. The summed E-state index contributed by atoms with van der Waals surface area (Å²) in [5, 5.41) is 5.25. The number of anilines is 1. The van der Waals surface area contributed by atoms with Crippen molar-refractivity contribution in [2.24, 2.45) is 0 Å². The van der Waals surface area contributed by atoms with Crippen LogP contribution in [0.4, 0.5) is 5.69 Å². The van der Waals surface area contributed by atoms with Gasteiger partial charge in [0.25, 0.3) is 5.91 Å². The van der Waals surface area contributed by atoms with Gasteiger partial charge >= 0.3 is 0 Å². The number of para-hydroxylation sites is 1. The topological polar surface area (TPSA) is 67.4 Å². The fraction of sp³-hybridized carbons (Fsp3) is 0.222. The quantitative estimate of drug-likeness (QED) is 0.795. The highest BCUT2D eigenvalue weighted by atomic mass is 79.9. The van der Waals surface area contributed by atoms with Gasteiger partial charge in [0.1, 0.15) is 5.75 Å². The van der Waals surface area contributed by atoms with Crippen molar-refractivity contribution in [3.05, 3.63) is 58.1 Å². The van der Waals surface area contributed by atoms with Gasteiger partial charge in [-0.05, 0) is 59.1 Å². The molecule has 0 unspecified atom stereocenters. The molecule has 0 saturated carbocycles. The van der Waals surface area contributed by atoms with Gasteiger partial charge in [-0.1, -0.05) is 24.3 Å². The molecule has 24 heavy (non-hydrogen) atoms. The highest BCUT2D eigenvalue weighted by Crippen LogP contribution is 2.21. The highest BCUT2D eigenvalue weighted by Gasteiger charge is 2.09. The average molecular weight is 391 g/mol. The van der Waals surface area contributed by atoms with Crippen LogP contribution in [-0.2, 0) is 9.59 Å². The first-order valence-electron chi connectivity index (χ1n) is 7.47. The van der Waals surface area contributed by atoms with E-state index in [1.165, 1.54) is 0 Å². The molecule has 2 aromatic carbocycles. The number of carbonyl (C=O) groups is 2. The van der Waals surface area contributed by atoms with Crippen LogP contribution in [0.15, 0.2) is 46.9 Å². The Morgan fingerprint density at radius 3 is 2.58 bits per heavy atom. The van der Waals surface area contributed by atoms with E-state index in [1.54, 1.807) is 6.07 Å². The van der Waals surface area contributed by atoms with E-state index >= 15 is 0 Å². The van der Waals surface area contributed by atoms with Gasteiger partial charge in [-0.2, -0.15) is 0 Å². The molecule has 0 radical (unpaired) electrons. The third-order valence-corrected chi connectivity index (χ3v) is 3.99. The molecule has 126 valence electrons. The first-order chi connectivity index (χ1) is 11.5. The second-order valence-electron chi connectivity index (χ2n) is 5.36. The van der Waals surface area contributed by atoms with E-state index in [2.05, 4.69) is 26.6 Å². The molecule has 0 saturated heterocycles. The van der Waals surface area contributed by atoms with Gasteiger partial charge in [-0.25, -0.2) is 0 Å². The molecular formula is C18H19BrN2O3. The van der Waals surface area contributed by atoms with Crippen molar-refractivity contribution in [3.63, 3.8) is 0 Å². The minimum absolute atomic E-state index is 0.115. The monoisotopic (exact) mass is 390 g/mol. The molecule has 0 fully saturated rings. The first kappa shape index (κ1) is 18.0. The lowest BCUT2D eigenvalue weighted by atomic mass is 10.1. The summed E-state index contributed by atoms with van der Waals surface area (Å²) in [6.45, 7) is 3.62. The van der Waals surface area contributed by atoms with Gasteiger partial charge in [0, 0.05) is 4.47 Å². The third-order valence-electron chi connectivity index (χ3n) is 3.30. The first-order valence-corrected chi connectivity index (χ1v) is 8.26. The summed E-state index contributed by atoms with van der Waals surface area (Å²) in [5.41, 5.74) is 2.67. The molecule has 0 bridgehead atoms. The van der Waals surface area contributed by atoms with E-state index in [-0.39, 0.29) is 25.0 Å². The molecule has 5 nitrogen and oxygen atoms in total. The van der Waals surface area contributed by atoms with Gasteiger partial charge in [0.2, 0.25) is 5.91 Å². The number of hydrogen-bond donors (Lipinski definition) is 2. The summed E-state index contributed by atoms with van der Waals surface area (Å²) in [6.07, 6.45) is 0. The predicted molar refractivity (Wildman–Crippen MR) is 97.2 cm³/mol. The Bertz CT molecular complexity index is 747. The van der Waals surface area contributed by atoms with E-state index < -0.39 is 0 Å². The van der Waals surface area contributed by atoms with E-state index in [9.17, 15) is 9.59 Å². The zero-order valence-electron chi connectivity index (χ0n) is 13.6. The van der Waals surface area contributed by atoms with Crippen LogP contribution in [0.3, 0.4) is 0 Å². The SMILES string of the molecule is Cc1ccc(C)c(OCC(=O)NCC(=O)Nc2ccccc2Br)c1. The molecule has 2 aromatic rings. The number of amides is 2. The zero-order chi connectivity index (χ0) is 17.5. The zero-order valence-corrected chi connectivity index (χ0v) is 15.1. The summed E-state index contributed by atoms with van der Waals surface area (Å²) in [5.74, 6) is 0.0167. The minimum atomic E-state index is -0.349. The van der Waals surface area contributed by atoms with E-state index in [1.807, 2.05) is 50.2 Å². The lowest BCUT2D eigenvalue weighted by molar-refractivity contribution is -0.125. The lowest BCUT2D eigenvalue weighted by Crippen LogP contribution is -2.35. The number of aryl methyl sites for hydroxylation is 2. The van der Waals surface area contributed by atoms with Gasteiger partial charge < -0.3 is 15.4 Å². The summed E-state index contributed by atoms with van der Waals surface area (Å²) < 4.78 is 6.28. The molecule has 0 aliphatic rings. The molecule has 6 heteroatoms. The Labute approximate surface area is 149 Å². The van der Waals surface area contributed by atoms with Crippen molar-refractivity contribution in [2.45, 2.75) is 13.8 Å². The van der Waals surface area contributed by atoms with Crippen molar-refractivity contribution in [3.8, 4) is 5.75 Å². The number of ether oxygens (including phenoxy) is 1. The van der Waals surface area contributed by atoms with E-state index in [0.29, 0.717) is 11.4 Å². The summed E-state index contributed by atoms with van der Waals surface area (Å²) in [6, 6.07) is 13.1. The smallest absolute Gasteiger partial charge is 0.258 e. The molecule has 0 heterocycles. The van der Waals surface area contributed by atoms with Gasteiger partial charge in [0.05, 0.1) is 12.2 Å². The van der Waals surface area contributed by atoms with Gasteiger partial charge in [0.15, 0.2) is 6.61 Å². The Morgan fingerprint density at radius 2 is 1.83 bits per heavy atom. The van der Waals surface area contributed by atoms with Gasteiger partial charge in [-0.3, -0.25) is 9.59 Å². The molecule has 2 rings (SSSR count). The second-order valence-corrected chi connectivity index (χ2v) is 6.22. The molecule has 2 N–H and O–H groups in total. The number of nitrogens with one attached hydrogen (secondary N) is 2. The van der Waals surface area contributed by atoms with Crippen LogP contribution in [0.2, 0.25) is 0 Å². The molecule has 0 aliphatic heterocycles. The predicted octanol–water partition coefficient (Wildman–Crippen LogP) is 3.20. The van der Waals surface area contributed by atoms with Crippen LogP contribution in [-0.4, -0.2) is 25.0 Å². The molecule has 0 aromatic heterocycles. The molecule has 0 spiro atoms. The maximum absolute atomic E-state index is 11.9. The Kier molecular flexibility index (Phi) is 6.37. The summed E-state index contributed by atoms with van der Waals surface area (Å²) in [7, 11) is 0. The second kappa shape index (κ2) is 8.49. The van der Waals surface area contributed by atoms with Crippen molar-refractivity contribution < 1.29 is 14.3 Å². The van der Waals surface area contributed by atoms with Crippen LogP contribution in [0.1, 0.15) is 11.1 Å². The van der Waals surface area contributed by atoms with Crippen molar-refractivity contribution in [2.75, 3.05) is 18.5 Å². The fourth-order valence-electron chi connectivity index (χ4n) is 1.99. The maximum Gasteiger partial charge on any atom is 0.258 e. The van der Waals surface area contributed by atoms with Crippen LogP contribution in [0.5, 0.6) is 5.75 Å². The van der Waals surface area contributed by atoms with Crippen LogP contribution >= 0.6 is 15.9 Å². The molecule has 0 aliphatic carbocycles. The fourth-order valence-corrected chi connectivity index (χ4v) is 2.38. The minimum Gasteiger partial charge on any atom is -0.483 e. The summed E-state index contributed by atoms with van der Waals surface area (Å²) in [4.78, 5) is 23.7. The number of rotatable bonds is 6. The number of hydrogen-bond acceptors (Lipinski definition) is 3. The third kappa shape index (κ3) is 5.38. The van der Waals surface area contributed by atoms with Crippen molar-refractivity contribution in [1.29, 1.82) is 0 Å². The van der Waals surface area contributed by atoms with Crippen LogP contribution in [0, 0.1) is 13.8 Å². The average Bonchev–Trinajstić information content (AvgIpc) is 2.56. The Morgan fingerprint density at radius 1 is 1.08 bits per heavy atom. The lowest BCUT2D eigenvalue weighted by Gasteiger charge is -2.11. The largest absolute Gasteiger partial charge is 0.483 e. The highest BCUT2D eigenvalue weighted by molar-refractivity contribution is 9.10. The molecular weight excluding hydrogens is 372 g/mol. The maximum atomic E-state index is 11.9. The normalized spacial score (nSPS) is 10.1. The van der Waals surface area contributed by atoms with Crippen LogP contribution in [0.25, 0.3) is 0 Å². The van der Waals surface area contributed by atoms with E-state index in [0.717, 1.165) is 15.6 Å². The standard InChI is InChI=1S/C18H19BrN2O3/c1-12-7-8-13(2)16(9-12)24-11-18(23)20-10-17(22)21-15-6-4-3-5-14(15)19/h3-9H,10-11H2,1-2H3,(H,20,23)(H,21,22). The summed E-state index contributed by atoms with van der Waals surface area (Å²) >= 11 is 3.35. The van der Waals surface area contributed by atoms with Crippen LogP contribution < -0.4 is 15.4 Å². The molecule has 2 amide bonds. The van der Waals surface area contributed by atoms with E-state index in [4.69, 9.17) is 4.74 Å². The number of halogens is 1. The number of benzene rings is 2. The van der Waals surface area contributed by atoms with Crippen molar-refractivity contribution >= 4 is 33.4 Å². The van der Waals surface area contributed by atoms with Crippen molar-refractivity contribution in [1.82, 2.24) is 5.32 Å². The van der Waals surface area contributed by atoms with Gasteiger partial charge in [-0.15, -0.1) is 0 Å². The Balaban J connectivity index is 1.77. The molecule has 0 atom stereocenters.